The number of para-hydroxylation sites is 1. The van der Waals surface area contributed by atoms with Crippen LogP contribution in [-0.2, 0) is 5.75 Å². The van der Waals surface area contributed by atoms with Gasteiger partial charge in [0, 0.05) is 10.8 Å². The number of benzene rings is 2. The Labute approximate surface area is 125 Å². The Bertz CT molecular complexity index is 682. The van der Waals surface area contributed by atoms with Crippen molar-refractivity contribution in [1.29, 1.82) is 0 Å². The third-order valence-corrected chi connectivity index (χ3v) is 3.97. The summed E-state index contributed by atoms with van der Waals surface area (Å²) >= 11 is 7.46. The van der Waals surface area contributed by atoms with E-state index in [0.29, 0.717) is 0 Å². The molecule has 0 saturated heterocycles. The Morgan fingerprint density at radius 2 is 1.75 bits per heavy atom. The van der Waals surface area contributed by atoms with Crippen molar-refractivity contribution in [3.8, 4) is 5.69 Å². The number of hydrogen-bond donors (Lipinski definition) is 0. The van der Waals surface area contributed by atoms with Gasteiger partial charge in [0.25, 0.3) is 0 Å². The molecule has 20 heavy (non-hydrogen) atoms. The van der Waals surface area contributed by atoms with Crippen LogP contribution in [0.25, 0.3) is 5.69 Å². The van der Waals surface area contributed by atoms with E-state index >= 15 is 0 Å². The van der Waals surface area contributed by atoms with Crippen LogP contribution in [0.5, 0.6) is 0 Å². The zero-order valence-corrected chi connectivity index (χ0v) is 12.1. The Morgan fingerprint density at radius 1 is 1.00 bits per heavy atom. The van der Waals surface area contributed by atoms with Crippen LogP contribution in [0.15, 0.2) is 59.8 Å². The van der Waals surface area contributed by atoms with E-state index < -0.39 is 0 Å². The molecular formula is C14H11ClN4S. The van der Waals surface area contributed by atoms with Crippen molar-refractivity contribution < 1.29 is 0 Å². The summed E-state index contributed by atoms with van der Waals surface area (Å²) < 4.78 is 1.74. The lowest BCUT2D eigenvalue weighted by molar-refractivity contribution is 0.756. The predicted octanol–water partition coefficient (Wildman–Crippen LogP) is 3.61. The summed E-state index contributed by atoms with van der Waals surface area (Å²) in [6, 6.07) is 17.6. The SMILES string of the molecule is Clc1ccc(CSc2nnnn2-c2ccccc2)cc1. The first-order valence-electron chi connectivity index (χ1n) is 6.04. The van der Waals surface area contributed by atoms with Gasteiger partial charge in [-0.1, -0.05) is 53.7 Å². The van der Waals surface area contributed by atoms with Crippen LogP contribution in [0.3, 0.4) is 0 Å². The third kappa shape index (κ3) is 3.00. The lowest BCUT2D eigenvalue weighted by Gasteiger charge is -2.04. The predicted molar refractivity (Wildman–Crippen MR) is 80.2 cm³/mol. The van der Waals surface area contributed by atoms with E-state index in [0.717, 1.165) is 21.6 Å². The zero-order valence-electron chi connectivity index (χ0n) is 10.5. The van der Waals surface area contributed by atoms with E-state index in [1.807, 2.05) is 54.6 Å². The lowest BCUT2D eigenvalue weighted by Crippen LogP contribution is -1.98. The largest absolute Gasteiger partial charge is 0.214 e. The summed E-state index contributed by atoms with van der Waals surface area (Å²) in [4.78, 5) is 0. The number of halogens is 1. The van der Waals surface area contributed by atoms with E-state index in [1.165, 1.54) is 5.56 Å². The third-order valence-electron chi connectivity index (χ3n) is 2.72. The summed E-state index contributed by atoms with van der Waals surface area (Å²) in [5.41, 5.74) is 2.14. The molecule has 100 valence electrons. The fraction of sp³-hybridized carbons (Fsp3) is 0.0714. The second-order valence-corrected chi connectivity index (χ2v) is 5.50. The van der Waals surface area contributed by atoms with Gasteiger partial charge in [0.2, 0.25) is 5.16 Å². The highest BCUT2D eigenvalue weighted by Gasteiger charge is 2.08. The number of tetrazole rings is 1. The van der Waals surface area contributed by atoms with E-state index in [-0.39, 0.29) is 0 Å². The molecule has 0 aliphatic heterocycles. The quantitative estimate of drug-likeness (QED) is 0.691. The summed E-state index contributed by atoms with van der Waals surface area (Å²) in [7, 11) is 0. The number of hydrogen-bond acceptors (Lipinski definition) is 4. The normalized spacial score (nSPS) is 10.7. The first kappa shape index (κ1) is 13.1. The summed E-state index contributed by atoms with van der Waals surface area (Å²) in [6.45, 7) is 0. The van der Waals surface area contributed by atoms with Crippen LogP contribution in [0.2, 0.25) is 5.02 Å². The minimum atomic E-state index is 0.743. The monoisotopic (exact) mass is 302 g/mol. The second-order valence-electron chi connectivity index (χ2n) is 4.12. The Morgan fingerprint density at radius 3 is 2.50 bits per heavy atom. The molecule has 0 N–H and O–H groups in total. The van der Waals surface area contributed by atoms with E-state index in [2.05, 4.69) is 15.5 Å². The average Bonchev–Trinajstić information content (AvgIpc) is 2.96. The molecule has 6 heteroatoms. The van der Waals surface area contributed by atoms with Crippen LogP contribution in [0.1, 0.15) is 5.56 Å². The van der Waals surface area contributed by atoms with Gasteiger partial charge < -0.3 is 0 Å². The topological polar surface area (TPSA) is 43.6 Å². The van der Waals surface area contributed by atoms with Crippen LogP contribution in [0, 0.1) is 0 Å². The van der Waals surface area contributed by atoms with Gasteiger partial charge in [0.05, 0.1) is 5.69 Å². The highest BCUT2D eigenvalue weighted by atomic mass is 35.5. The number of aromatic nitrogens is 4. The molecule has 0 radical (unpaired) electrons. The fourth-order valence-electron chi connectivity index (χ4n) is 1.73. The van der Waals surface area contributed by atoms with Gasteiger partial charge in [-0.3, -0.25) is 0 Å². The van der Waals surface area contributed by atoms with E-state index in [1.54, 1.807) is 16.4 Å². The van der Waals surface area contributed by atoms with Crippen LogP contribution >= 0.6 is 23.4 Å². The van der Waals surface area contributed by atoms with Gasteiger partial charge in [-0.05, 0) is 40.3 Å². The molecule has 1 aromatic heterocycles. The number of rotatable bonds is 4. The molecule has 0 bridgehead atoms. The molecule has 0 fully saturated rings. The lowest BCUT2D eigenvalue weighted by atomic mass is 10.2. The maximum Gasteiger partial charge on any atom is 0.214 e. The molecule has 2 aromatic carbocycles. The summed E-state index contributed by atoms with van der Waals surface area (Å²) in [6.07, 6.45) is 0. The van der Waals surface area contributed by atoms with Crippen LogP contribution < -0.4 is 0 Å². The molecule has 1 heterocycles. The van der Waals surface area contributed by atoms with Crippen molar-refractivity contribution in [1.82, 2.24) is 20.2 Å². The number of nitrogens with zero attached hydrogens (tertiary/aromatic N) is 4. The Balaban J connectivity index is 1.76. The van der Waals surface area contributed by atoms with Gasteiger partial charge in [-0.2, -0.15) is 4.68 Å². The van der Waals surface area contributed by atoms with Crippen LogP contribution in [-0.4, -0.2) is 20.2 Å². The molecule has 0 spiro atoms. The van der Waals surface area contributed by atoms with Gasteiger partial charge in [0.15, 0.2) is 0 Å². The molecule has 0 aliphatic rings. The molecule has 0 aliphatic carbocycles. The molecule has 4 nitrogen and oxygen atoms in total. The summed E-state index contributed by atoms with van der Waals surface area (Å²) in [5, 5.41) is 13.3. The highest BCUT2D eigenvalue weighted by molar-refractivity contribution is 7.98. The van der Waals surface area contributed by atoms with Crippen molar-refractivity contribution in [3.63, 3.8) is 0 Å². The minimum absolute atomic E-state index is 0.743. The molecule has 0 saturated carbocycles. The van der Waals surface area contributed by atoms with Crippen molar-refractivity contribution in [2.45, 2.75) is 10.9 Å². The van der Waals surface area contributed by atoms with E-state index in [4.69, 9.17) is 11.6 Å². The van der Waals surface area contributed by atoms with E-state index in [9.17, 15) is 0 Å². The maximum absolute atomic E-state index is 5.87. The molecule has 0 amide bonds. The summed E-state index contributed by atoms with van der Waals surface area (Å²) in [5.74, 6) is 0.796. The minimum Gasteiger partial charge on any atom is -0.188 e. The van der Waals surface area contributed by atoms with Crippen molar-refractivity contribution in [3.05, 3.63) is 65.2 Å². The smallest absolute Gasteiger partial charge is 0.188 e. The average molecular weight is 303 g/mol. The first-order chi connectivity index (χ1) is 9.83. The molecule has 0 atom stereocenters. The van der Waals surface area contributed by atoms with Crippen molar-refractivity contribution in [2.75, 3.05) is 0 Å². The molecular weight excluding hydrogens is 292 g/mol. The zero-order chi connectivity index (χ0) is 13.8. The van der Waals surface area contributed by atoms with Crippen molar-refractivity contribution >= 4 is 23.4 Å². The maximum atomic E-state index is 5.87. The second kappa shape index (κ2) is 6.07. The Kier molecular flexibility index (Phi) is 3.99. The van der Waals surface area contributed by atoms with Crippen LogP contribution in [0.4, 0.5) is 0 Å². The molecule has 0 unspecified atom stereocenters. The fourth-order valence-corrected chi connectivity index (χ4v) is 2.70. The molecule has 3 rings (SSSR count). The highest BCUT2D eigenvalue weighted by Crippen LogP contribution is 2.23. The van der Waals surface area contributed by atoms with Gasteiger partial charge in [-0.15, -0.1) is 5.10 Å². The molecule has 3 aromatic rings. The first-order valence-corrected chi connectivity index (χ1v) is 7.40. The standard InChI is InChI=1S/C14H11ClN4S/c15-12-8-6-11(7-9-12)10-20-14-16-17-18-19(14)13-4-2-1-3-5-13/h1-9H,10H2. The van der Waals surface area contributed by atoms with Gasteiger partial charge in [-0.25, -0.2) is 0 Å². The Hall–Kier alpha value is -1.85. The van der Waals surface area contributed by atoms with Gasteiger partial charge in [0.1, 0.15) is 0 Å². The van der Waals surface area contributed by atoms with Crippen molar-refractivity contribution in [2.24, 2.45) is 0 Å². The number of thioether (sulfide) groups is 1. The van der Waals surface area contributed by atoms with Gasteiger partial charge >= 0.3 is 0 Å².